The van der Waals surface area contributed by atoms with Crippen LogP contribution in [0.25, 0.3) is 0 Å². The third-order valence-corrected chi connectivity index (χ3v) is 7.65. The van der Waals surface area contributed by atoms with E-state index in [-0.39, 0.29) is 36.7 Å². The van der Waals surface area contributed by atoms with Gasteiger partial charge in [0.1, 0.15) is 18.1 Å². The molecule has 0 bridgehead atoms. The SMILES string of the molecule is COc1ccc(OCC2CN(C3CCN(C(=O)c4ccc(NC(=O)CSC(C)C)cc4)CC3)C(=O)O2)cc1. The molecular weight excluding hydrogens is 506 g/mol. The van der Waals surface area contributed by atoms with Crippen molar-refractivity contribution in [1.82, 2.24) is 9.80 Å². The summed E-state index contributed by atoms with van der Waals surface area (Å²) >= 11 is 1.58. The highest BCUT2D eigenvalue weighted by Gasteiger charge is 2.38. The third kappa shape index (κ3) is 7.34. The summed E-state index contributed by atoms with van der Waals surface area (Å²) < 4.78 is 16.5. The molecule has 38 heavy (non-hydrogen) atoms. The molecule has 0 radical (unpaired) electrons. The summed E-state index contributed by atoms with van der Waals surface area (Å²) in [4.78, 5) is 41.2. The number of amides is 3. The summed E-state index contributed by atoms with van der Waals surface area (Å²) in [6, 6.07) is 14.3. The van der Waals surface area contributed by atoms with Crippen molar-refractivity contribution in [3.8, 4) is 11.5 Å². The second kappa shape index (κ2) is 12.9. The van der Waals surface area contributed by atoms with Crippen molar-refractivity contribution in [2.45, 2.75) is 44.1 Å². The Bertz CT molecular complexity index is 1100. The van der Waals surface area contributed by atoms with Crippen LogP contribution in [0.2, 0.25) is 0 Å². The quantitative estimate of drug-likeness (QED) is 0.480. The lowest BCUT2D eigenvalue weighted by Gasteiger charge is -2.35. The molecule has 2 saturated heterocycles. The van der Waals surface area contributed by atoms with Crippen molar-refractivity contribution in [3.05, 3.63) is 54.1 Å². The van der Waals surface area contributed by atoms with Crippen LogP contribution >= 0.6 is 11.8 Å². The molecule has 2 aliphatic heterocycles. The van der Waals surface area contributed by atoms with Crippen molar-refractivity contribution in [3.63, 3.8) is 0 Å². The first-order valence-electron chi connectivity index (χ1n) is 12.9. The zero-order valence-corrected chi connectivity index (χ0v) is 22.9. The molecule has 0 aliphatic carbocycles. The van der Waals surface area contributed by atoms with E-state index in [0.29, 0.717) is 60.5 Å². The Morgan fingerprint density at radius 1 is 1.05 bits per heavy atom. The van der Waals surface area contributed by atoms with Crippen molar-refractivity contribution in [1.29, 1.82) is 0 Å². The second-order valence-electron chi connectivity index (χ2n) is 9.65. The molecule has 4 rings (SSSR count). The number of benzene rings is 2. The van der Waals surface area contributed by atoms with E-state index in [1.807, 2.05) is 29.2 Å². The molecule has 3 amide bonds. The maximum Gasteiger partial charge on any atom is 0.410 e. The molecular formula is C28H35N3O6S. The van der Waals surface area contributed by atoms with Crippen LogP contribution in [0.3, 0.4) is 0 Å². The molecule has 2 heterocycles. The molecule has 204 valence electrons. The zero-order valence-electron chi connectivity index (χ0n) is 22.1. The minimum absolute atomic E-state index is 0.0267. The van der Waals surface area contributed by atoms with Crippen LogP contribution in [0.4, 0.5) is 10.5 Å². The standard InChI is InChI=1S/C28H35N3O6S/c1-19(2)38-18-26(32)29-21-6-4-20(5-7-21)27(33)30-14-12-22(13-15-30)31-16-25(37-28(31)34)17-36-24-10-8-23(35-3)9-11-24/h4-11,19,22,25H,12-18H2,1-3H3,(H,29,32). The number of methoxy groups -OCH3 is 1. The van der Waals surface area contributed by atoms with Crippen LogP contribution in [0, 0.1) is 0 Å². The van der Waals surface area contributed by atoms with Crippen LogP contribution in [-0.4, -0.2) is 84.2 Å². The molecule has 10 heteroatoms. The number of hydrogen-bond donors (Lipinski definition) is 1. The number of hydrogen-bond acceptors (Lipinski definition) is 7. The van der Waals surface area contributed by atoms with Gasteiger partial charge in [-0.2, -0.15) is 0 Å². The first-order chi connectivity index (χ1) is 18.3. The Hall–Kier alpha value is -3.40. The number of carbonyl (C=O) groups is 3. The summed E-state index contributed by atoms with van der Waals surface area (Å²) in [7, 11) is 1.61. The molecule has 9 nitrogen and oxygen atoms in total. The smallest absolute Gasteiger partial charge is 0.410 e. The Kier molecular flexibility index (Phi) is 9.38. The largest absolute Gasteiger partial charge is 0.497 e. The normalized spacial score (nSPS) is 17.9. The monoisotopic (exact) mass is 541 g/mol. The Balaban J connectivity index is 1.22. The van der Waals surface area contributed by atoms with Crippen molar-refractivity contribution < 1.29 is 28.6 Å². The number of rotatable bonds is 10. The molecule has 1 atom stereocenters. The highest BCUT2D eigenvalue weighted by Crippen LogP contribution is 2.25. The Morgan fingerprint density at radius 2 is 1.71 bits per heavy atom. The lowest BCUT2D eigenvalue weighted by atomic mass is 10.0. The van der Waals surface area contributed by atoms with Crippen LogP contribution < -0.4 is 14.8 Å². The number of piperidine rings is 1. The number of ether oxygens (including phenoxy) is 3. The summed E-state index contributed by atoms with van der Waals surface area (Å²) in [5.41, 5.74) is 1.25. The fourth-order valence-corrected chi connectivity index (χ4v) is 5.04. The number of nitrogens with one attached hydrogen (secondary N) is 1. The fourth-order valence-electron chi connectivity index (χ4n) is 4.49. The topological polar surface area (TPSA) is 97.4 Å². The molecule has 2 aromatic rings. The molecule has 2 fully saturated rings. The molecule has 0 aromatic heterocycles. The lowest BCUT2D eigenvalue weighted by Crippen LogP contribution is -2.47. The number of nitrogens with zero attached hydrogens (tertiary/aromatic N) is 2. The van der Waals surface area contributed by atoms with E-state index in [2.05, 4.69) is 19.2 Å². The van der Waals surface area contributed by atoms with Crippen LogP contribution in [0.1, 0.15) is 37.0 Å². The van der Waals surface area contributed by atoms with Crippen molar-refractivity contribution >= 4 is 35.4 Å². The van der Waals surface area contributed by atoms with Gasteiger partial charge in [0.2, 0.25) is 5.91 Å². The van der Waals surface area contributed by atoms with E-state index >= 15 is 0 Å². The maximum atomic E-state index is 13.0. The van der Waals surface area contributed by atoms with E-state index in [9.17, 15) is 14.4 Å². The molecule has 1 N–H and O–H groups in total. The average molecular weight is 542 g/mol. The predicted octanol–water partition coefficient (Wildman–Crippen LogP) is 4.28. The highest BCUT2D eigenvalue weighted by atomic mass is 32.2. The summed E-state index contributed by atoms with van der Waals surface area (Å²) in [5, 5.41) is 3.25. The Labute approximate surface area is 227 Å². The van der Waals surface area contributed by atoms with Gasteiger partial charge in [-0.1, -0.05) is 13.8 Å². The van der Waals surface area contributed by atoms with Gasteiger partial charge in [-0.05, 0) is 66.6 Å². The minimum atomic E-state index is -0.341. The maximum absolute atomic E-state index is 13.0. The van der Waals surface area contributed by atoms with E-state index < -0.39 is 0 Å². The molecule has 0 spiro atoms. The van der Waals surface area contributed by atoms with Gasteiger partial charge in [-0.3, -0.25) is 9.59 Å². The van der Waals surface area contributed by atoms with Gasteiger partial charge in [0, 0.05) is 30.4 Å². The molecule has 0 saturated carbocycles. The summed E-state index contributed by atoms with van der Waals surface area (Å²) in [5.74, 6) is 1.73. The second-order valence-corrected chi connectivity index (χ2v) is 11.2. The fraction of sp³-hybridized carbons (Fsp3) is 0.464. The van der Waals surface area contributed by atoms with Gasteiger partial charge in [-0.25, -0.2) is 4.79 Å². The number of anilines is 1. The first kappa shape index (κ1) is 27.6. The number of carbonyl (C=O) groups excluding carboxylic acids is 3. The van der Waals surface area contributed by atoms with Gasteiger partial charge in [0.05, 0.1) is 19.4 Å². The van der Waals surface area contributed by atoms with Crippen molar-refractivity contribution in [2.75, 3.05) is 44.4 Å². The number of cyclic esters (lactones) is 1. The third-order valence-electron chi connectivity index (χ3n) is 6.55. The Morgan fingerprint density at radius 3 is 2.34 bits per heavy atom. The molecule has 1 unspecified atom stereocenters. The van der Waals surface area contributed by atoms with Gasteiger partial charge < -0.3 is 29.3 Å². The van der Waals surface area contributed by atoms with Crippen LogP contribution in [0.5, 0.6) is 11.5 Å². The van der Waals surface area contributed by atoms with Crippen molar-refractivity contribution in [2.24, 2.45) is 0 Å². The predicted molar refractivity (Wildman–Crippen MR) is 147 cm³/mol. The van der Waals surface area contributed by atoms with Gasteiger partial charge in [-0.15, -0.1) is 11.8 Å². The summed E-state index contributed by atoms with van der Waals surface area (Å²) in [6.45, 7) is 5.97. The zero-order chi connectivity index (χ0) is 27.1. The lowest BCUT2D eigenvalue weighted by molar-refractivity contribution is -0.113. The van der Waals surface area contributed by atoms with E-state index in [1.165, 1.54) is 0 Å². The minimum Gasteiger partial charge on any atom is -0.497 e. The first-order valence-corrected chi connectivity index (χ1v) is 13.9. The van der Waals surface area contributed by atoms with Gasteiger partial charge in [0.15, 0.2) is 6.10 Å². The van der Waals surface area contributed by atoms with E-state index in [1.54, 1.807) is 48.0 Å². The van der Waals surface area contributed by atoms with Crippen LogP contribution in [-0.2, 0) is 9.53 Å². The average Bonchev–Trinajstić information content (AvgIpc) is 3.31. The highest BCUT2D eigenvalue weighted by molar-refractivity contribution is 8.00. The molecule has 2 aromatic carbocycles. The number of thioether (sulfide) groups is 1. The summed E-state index contributed by atoms with van der Waals surface area (Å²) in [6.07, 6.45) is 0.707. The van der Waals surface area contributed by atoms with Gasteiger partial charge >= 0.3 is 6.09 Å². The van der Waals surface area contributed by atoms with Crippen LogP contribution in [0.15, 0.2) is 48.5 Å². The molecule has 2 aliphatic rings. The van der Waals surface area contributed by atoms with E-state index in [0.717, 1.165) is 5.75 Å². The van der Waals surface area contributed by atoms with Gasteiger partial charge in [0.25, 0.3) is 5.91 Å². The number of likely N-dealkylation sites (tertiary alicyclic amines) is 1. The van der Waals surface area contributed by atoms with E-state index in [4.69, 9.17) is 14.2 Å².